The molecule has 1 aliphatic carbocycles. The van der Waals surface area contributed by atoms with Crippen molar-refractivity contribution in [1.29, 1.82) is 0 Å². The minimum Gasteiger partial charge on any atom is -0.450 e. The number of nitrogens with zero attached hydrogens (tertiary/aromatic N) is 1. The molecule has 0 atom stereocenters. The van der Waals surface area contributed by atoms with Gasteiger partial charge in [0.15, 0.2) is 6.61 Å². The third-order valence-corrected chi connectivity index (χ3v) is 4.86. The lowest BCUT2D eigenvalue weighted by Crippen LogP contribution is -2.27. The van der Waals surface area contributed by atoms with Crippen LogP contribution < -0.4 is 10.6 Å². The molecule has 0 radical (unpaired) electrons. The molecular weight excluding hydrogens is 430 g/mol. The van der Waals surface area contributed by atoms with Gasteiger partial charge < -0.3 is 19.8 Å². The van der Waals surface area contributed by atoms with Crippen LogP contribution in [0.1, 0.15) is 33.8 Å². The molecule has 2 amide bonds. The van der Waals surface area contributed by atoms with Crippen LogP contribution in [0.2, 0.25) is 0 Å². The molecule has 2 aromatic carbocycles. The summed E-state index contributed by atoms with van der Waals surface area (Å²) in [6.45, 7) is -0.578. The molecule has 0 spiro atoms. The van der Waals surface area contributed by atoms with Crippen LogP contribution in [-0.4, -0.2) is 35.4 Å². The molecule has 1 fully saturated rings. The molecule has 0 bridgehead atoms. The topological polar surface area (TPSA) is 141 Å². The summed E-state index contributed by atoms with van der Waals surface area (Å²) in [6, 6.07) is 15.3. The first-order valence-electron chi connectivity index (χ1n) is 10.1. The van der Waals surface area contributed by atoms with E-state index in [1.807, 2.05) is 0 Å². The first kappa shape index (κ1) is 21.8. The maximum Gasteiger partial charge on any atom is 0.374 e. The van der Waals surface area contributed by atoms with E-state index in [4.69, 9.17) is 9.15 Å². The van der Waals surface area contributed by atoms with Crippen molar-refractivity contribution in [2.45, 2.75) is 18.9 Å². The Morgan fingerprint density at radius 2 is 1.76 bits per heavy atom. The Bertz CT molecular complexity index is 1210. The molecular formula is C23H19N3O7. The second kappa shape index (κ2) is 9.35. The van der Waals surface area contributed by atoms with E-state index in [1.54, 1.807) is 24.3 Å². The zero-order valence-electron chi connectivity index (χ0n) is 17.3. The number of amides is 2. The van der Waals surface area contributed by atoms with Gasteiger partial charge in [-0.05, 0) is 49.2 Å². The molecule has 3 aromatic rings. The summed E-state index contributed by atoms with van der Waals surface area (Å²) in [4.78, 5) is 47.1. The average molecular weight is 449 g/mol. The Balaban J connectivity index is 1.33. The van der Waals surface area contributed by atoms with Crippen LogP contribution in [0.5, 0.6) is 0 Å². The average Bonchev–Trinajstić information content (AvgIpc) is 3.49. The molecule has 2 N–H and O–H groups in total. The van der Waals surface area contributed by atoms with E-state index >= 15 is 0 Å². The molecule has 0 unspecified atom stereocenters. The number of para-hydroxylation sites is 1. The maximum atomic E-state index is 12.3. The number of non-ortho nitro benzene ring substituents is 1. The number of nitro groups is 1. The van der Waals surface area contributed by atoms with Gasteiger partial charge in [-0.1, -0.05) is 12.1 Å². The monoisotopic (exact) mass is 449 g/mol. The van der Waals surface area contributed by atoms with E-state index in [2.05, 4.69) is 10.6 Å². The van der Waals surface area contributed by atoms with Crippen LogP contribution in [0.3, 0.4) is 0 Å². The fraction of sp³-hybridized carbons (Fsp3) is 0.174. The number of carbonyl (C=O) groups excluding carboxylic acids is 3. The van der Waals surface area contributed by atoms with Crippen molar-refractivity contribution in [2.75, 3.05) is 11.9 Å². The molecule has 0 aliphatic heterocycles. The number of nitrogens with one attached hydrogen (secondary N) is 2. The predicted octanol–water partition coefficient (Wildman–Crippen LogP) is 3.54. The summed E-state index contributed by atoms with van der Waals surface area (Å²) in [5.74, 6) is -1.55. The number of carbonyl (C=O) groups is 3. The Morgan fingerprint density at radius 3 is 2.45 bits per heavy atom. The normalized spacial score (nSPS) is 12.6. The van der Waals surface area contributed by atoms with Crippen LogP contribution in [0.4, 0.5) is 11.4 Å². The molecule has 1 heterocycles. The van der Waals surface area contributed by atoms with E-state index < -0.39 is 23.4 Å². The first-order valence-corrected chi connectivity index (χ1v) is 10.1. The third kappa shape index (κ3) is 5.42. The number of ether oxygens (including phenoxy) is 1. The Kier molecular flexibility index (Phi) is 6.16. The highest BCUT2D eigenvalue weighted by atomic mass is 16.6. The van der Waals surface area contributed by atoms with Crippen LogP contribution in [0, 0.1) is 10.1 Å². The fourth-order valence-electron chi connectivity index (χ4n) is 3.02. The van der Waals surface area contributed by atoms with Crippen molar-refractivity contribution >= 4 is 29.2 Å². The molecule has 4 rings (SSSR count). The predicted molar refractivity (Wildman–Crippen MR) is 117 cm³/mol. The number of rotatable bonds is 8. The van der Waals surface area contributed by atoms with E-state index in [1.165, 1.54) is 36.4 Å². The highest BCUT2D eigenvalue weighted by Gasteiger charge is 2.25. The van der Waals surface area contributed by atoms with Gasteiger partial charge in [-0.25, -0.2) is 4.79 Å². The third-order valence-electron chi connectivity index (χ3n) is 4.86. The Morgan fingerprint density at radius 1 is 1.03 bits per heavy atom. The van der Waals surface area contributed by atoms with Crippen LogP contribution in [0.15, 0.2) is 65.1 Å². The lowest BCUT2D eigenvalue weighted by molar-refractivity contribution is -0.384. The lowest BCUT2D eigenvalue weighted by atomic mass is 10.1. The van der Waals surface area contributed by atoms with Gasteiger partial charge in [-0.15, -0.1) is 0 Å². The SMILES string of the molecule is O=C(COC(=O)c1ccc(-c2ccc([N+](=O)[O-])cc2)o1)Nc1ccccc1C(=O)NC1CC1. The van der Waals surface area contributed by atoms with E-state index in [0.29, 0.717) is 22.6 Å². The molecule has 33 heavy (non-hydrogen) atoms. The van der Waals surface area contributed by atoms with E-state index in [0.717, 1.165) is 12.8 Å². The minimum absolute atomic E-state index is 0.0671. The number of hydrogen-bond acceptors (Lipinski definition) is 7. The summed E-state index contributed by atoms with van der Waals surface area (Å²) in [5.41, 5.74) is 1.11. The number of benzene rings is 2. The molecule has 1 aromatic heterocycles. The summed E-state index contributed by atoms with van der Waals surface area (Å²) < 4.78 is 10.4. The van der Waals surface area contributed by atoms with Gasteiger partial charge in [0, 0.05) is 23.7 Å². The van der Waals surface area contributed by atoms with Gasteiger partial charge in [0.2, 0.25) is 5.76 Å². The fourth-order valence-corrected chi connectivity index (χ4v) is 3.02. The zero-order chi connectivity index (χ0) is 23.4. The van der Waals surface area contributed by atoms with Gasteiger partial charge in [-0.3, -0.25) is 19.7 Å². The highest BCUT2D eigenvalue weighted by Crippen LogP contribution is 2.25. The number of nitro benzene ring substituents is 1. The number of hydrogen-bond donors (Lipinski definition) is 2. The van der Waals surface area contributed by atoms with Crippen molar-refractivity contribution in [2.24, 2.45) is 0 Å². The molecule has 0 saturated heterocycles. The summed E-state index contributed by atoms with van der Waals surface area (Å²) in [5, 5.41) is 16.2. The number of furan rings is 1. The highest BCUT2D eigenvalue weighted by molar-refractivity contribution is 6.04. The van der Waals surface area contributed by atoms with Gasteiger partial charge in [0.1, 0.15) is 5.76 Å². The number of esters is 1. The van der Waals surface area contributed by atoms with Crippen molar-refractivity contribution in [1.82, 2.24) is 5.32 Å². The largest absolute Gasteiger partial charge is 0.450 e. The standard InChI is InChI=1S/C23H19N3O7/c27-21(25-18-4-2-1-3-17(18)22(28)24-15-7-8-15)13-32-23(29)20-12-11-19(33-20)14-5-9-16(10-6-14)26(30)31/h1-6,9-12,15H,7-8,13H2,(H,24,28)(H,25,27). The van der Waals surface area contributed by atoms with Gasteiger partial charge in [0.25, 0.3) is 17.5 Å². The second-order valence-corrected chi connectivity index (χ2v) is 7.39. The molecule has 168 valence electrons. The lowest BCUT2D eigenvalue weighted by Gasteiger charge is -2.11. The van der Waals surface area contributed by atoms with Crippen molar-refractivity contribution in [3.8, 4) is 11.3 Å². The summed E-state index contributed by atoms with van der Waals surface area (Å²) >= 11 is 0. The van der Waals surface area contributed by atoms with E-state index in [9.17, 15) is 24.5 Å². The molecule has 10 heteroatoms. The Hall–Kier alpha value is -4.47. The number of anilines is 1. The second-order valence-electron chi connectivity index (χ2n) is 7.39. The minimum atomic E-state index is -0.849. The van der Waals surface area contributed by atoms with Crippen LogP contribution in [0.25, 0.3) is 11.3 Å². The van der Waals surface area contributed by atoms with Crippen molar-refractivity contribution in [3.05, 3.63) is 82.1 Å². The van der Waals surface area contributed by atoms with Crippen molar-refractivity contribution in [3.63, 3.8) is 0 Å². The summed E-state index contributed by atoms with van der Waals surface area (Å²) in [6.07, 6.45) is 1.88. The van der Waals surface area contributed by atoms with Gasteiger partial charge in [-0.2, -0.15) is 0 Å². The van der Waals surface area contributed by atoms with Gasteiger partial charge >= 0.3 is 5.97 Å². The summed E-state index contributed by atoms with van der Waals surface area (Å²) in [7, 11) is 0. The van der Waals surface area contributed by atoms with Crippen LogP contribution in [-0.2, 0) is 9.53 Å². The van der Waals surface area contributed by atoms with Gasteiger partial charge in [0.05, 0.1) is 16.2 Å². The van der Waals surface area contributed by atoms with Crippen molar-refractivity contribution < 1.29 is 28.5 Å². The maximum absolute atomic E-state index is 12.3. The van der Waals surface area contributed by atoms with E-state index in [-0.39, 0.29) is 23.4 Å². The van der Waals surface area contributed by atoms with Crippen LogP contribution >= 0.6 is 0 Å². The molecule has 1 saturated carbocycles. The smallest absolute Gasteiger partial charge is 0.374 e. The molecule has 1 aliphatic rings. The molecule has 10 nitrogen and oxygen atoms in total. The zero-order valence-corrected chi connectivity index (χ0v) is 17.3. The first-order chi connectivity index (χ1) is 15.9. The Labute approximate surface area is 187 Å². The quantitative estimate of drug-likeness (QED) is 0.304.